The van der Waals surface area contributed by atoms with Crippen LogP contribution in [0.3, 0.4) is 0 Å². The van der Waals surface area contributed by atoms with Gasteiger partial charge < -0.3 is 25.1 Å². The van der Waals surface area contributed by atoms with Gasteiger partial charge in [0.05, 0.1) is 19.2 Å². The molecular weight excluding hydrogens is 624 g/mol. The van der Waals surface area contributed by atoms with Crippen molar-refractivity contribution in [1.29, 1.82) is 0 Å². The van der Waals surface area contributed by atoms with E-state index in [0.717, 1.165) is 38.5 Å². The molecule has 0 aromatic heterocycles. The Morgan fingerprint density at radius 2 is 0.580 bits per heavy atom. The van der Waals surface area contributed by atoms with Crippen molar-refractivity contribution in [2.24, 2.45) is 0 Å². The Labute approximate surface area is 310 Å². The molecule has 0 saturated heterocycles. The number of nitrogens with zero attached hydrogens (tertiary/aromatic N) is 2. The van der Waals surface area contributed by atoms with Crippen LogP contribution >= 0.6 is 0 Å². The van der Waals surface area contributed by atoms with Crippen molar-refractivity contribution in [3.8, 4) is 0 Å². The molecule has 7 heteroatoms. The SMILES string of the molecule is CCCCCCCCCCCCCCCCCC(=O)N(CC(O)CN(C(=O)CCCCCCCCCCCCCCCCC)C(C)O)C(C)O. The maximum absolute atomic E-state index is 12.9. The number of aliphatic hydroxyl groups is 3. The molecule has 0 aliphatic rings. The smallest absolute Gasteiger partial charge is 0.224 e. The van der Waals surface area contributed by atoms with E-state index in [2.05, 4.69) is 13.8 Å². The number of aliphatic hydroxyl groups excluding tert-OH is 3. The Kier molecular flexibility index (Phi) is 35.3. The van der Waals surface area contributed by atoms with E-state index >= 15 is 0 Å². The van der Waals surface area contributed by atoms with Gasteiger partial charge in [-0.2, -0.15) is 0 Å². The fourth-order valence-electron chi connectivity index (χ4n) is 7.02. The van der Waals surface area contributed by atoms with E-state index < -0.39 is 18.6 Å². The lowest BCUT2D eigenvalue weighted by Crippen LogP contribution is -2.49. The predicted molar refractivity (Wildman–Crippen MR) is 212 cm³/mol. The molecule has 0 heterocycles. The summed E-state index contributed by atoms with van der Waals surface area (Å²) in [6, 6.07) is 0. The van der Waals surface area contributed by atoms with Crippen molar-refractivity contribution in [3.05, 3.63) is 0 Å². The van der Waals surface area contributed by atoms with Gasteiger partial charge in [0.25, 0.3) is 0 Å². The Morgan fingerprint density at radius 3 is 0.780 bits per heavy atom. The standard InChI is InChI=1S/C43H86N2O5/c1-5-7-9-11-13-15-17-19-21-23-25-27-29-31-33-35-42(49)44(39(3)46)37-41(48)38-45(40(4)47)43(50)36-34-32-30-28-26-24-22-20-18-16-14-12-10-8-6-2/h39-41,46-48H,5-38H2,1-4H3. The maximum atomic E-state index is 12.9. The zero-order valence-corrected chi connectivity index (χ0v) is 33.8. The first-order valence-corrected chi connectivity index (χ1v) is 21.9. The summed E-state index contributed by atoms with van der Waals surface area (Å²) in [6.45, 7) is 7.47. The number of carbonyl (C=O) groups is 2. The predicted octanol–water partition coefficient (Wildman–Crippen LogP) is 11.2. The summed E-state index contributed by atoms with van der Waals surface area (Å²) in [7, 11) is 0. The van der Waals surface area contributed by atoms with Crippen LogP contribution in [0, 0.1) is 0 Å². The first-order chi connectivity index (χ1) is 24.2. The summed E-state index contributed by atoms with van der Waals surface area (Å²) < 4.78 is 0. The summed E-state index contributed by atoms with van der Waals surface area (Å²) in [5.41, 5.74) is 0. The lowest BCUT2D eigenvalue weighted by atomic mass is 10.0. The number of unbranched alkanes of at least 4 members (excludes halogenated alkanes) is 28. The highest BCUT2D eigenvalue weighted by atomic mass is 16.3. The van der Waals surface area contributed by atoms with Crippen LogP contribution in [-0.4, -0.2) is 68.6 Å². The van der Waals surface area contributed by atoms with Crippen molar-refractivity contribution >= 4 is 11.8 Å². The van der Waals surface area contributed by atoms with Gasteiger partial charge in [-0.1, -0.05) is 194 Å². The molecule has 50 heavy (non-hydrogen) atoms. The fourth-order valence-corrected chi connectivity index (χ4v) is 7.02. The monoisotopic (exact) mass is 711 g/mol. The van der Waals surface area contributed by atoms with Crippen LogP contribution < -0.4 is 0 Å². The summed E-state index contributed by atoms with van der Waals surface area (Å²) in [5, 5.41) is 31.3. The molecule has 2 atom stereocenters. The first kappa shape index (κ1) is 48.8. The molecule has 3 N–H and O–H groups in total. The molecule has 0 fully saturated rings. The Balaban J connectivity index is 4.07. The number of hydrogen-bond acceptors (Lipinski definition) is 5. The van der Waals surface area contributed by atoms with E-state index in [0.29, 0.717) is 12.8 Å². The van der Waals surface area contributed by atoms with E-state index in [4.69, 9.17) is 0 Å². The van der Waals surface area contributed by atoms with E-state index in [1.54, 1.807) is 0 Å². The molecule has 2 amide bonds. The van der Waals surface area contributed by atoms with Gasteiger partial charge in [0.1, 0.15) is 12.5 Å². The molecule has 0 aliphatic carbocycles. The number of rotatable bonds is 38. The van der Waals surface area contributed by atoms with Crippen LogP contribution in [0.25, 0.3) is 0 Å². The third-order valence-electron chi connectivity index (χ3n) is 10.3. The lowest BCUT2D eigenvalue weighted by Gasteiger charge is -2.32. The van der Waals surface area contributed by atoms with Crippen molar-refractivity contribution in [2.45, 2.75) is 252 Å². The molecule has 7 nitrogen and oxygen atoms in total. The average molecular weight is 711 g/mol. The highest BCUT2D eigenvalue weighted by Gasteiger charge is 2.26. The third-order valence-corrected chi connectivity index (χ3v) is 10.3. The minimum absolute atomic E-state index is 0.0648. The van der Waals surface area contributed by atoms with Gasteiger partial charge in [0.2, 0.25) is 11.8 Å². The number of amides is 2. The maximum Gasteiger partial charge on any atom is 0.224 e. The number of hydrogen-bond donors (Lipinski definition) is 3. The summed E-state index contributed by atoms with van der Waals surface area (Å²) in [4.78, 5) is 28.4. The topological polar surface area (TPSA) is 101 Å². The third kappa shape index (κ3) is 30.4. The molecule has 0 aliphatic heterocycles. The molecule has 0 saturated carbocycles. The minimum Gasteiger partial charge on any atom is -0.389 e. The minimum atomic E-state index is -1.05. The summed E-state index contributed by atoms with van der Waals surface area (Å²) in [5.74, 6) is -0.358. The Bertz CT molecular complexity index is 687. The van der Waals surface area contributed by atoms with Gasteiger partial charge in [-0.3, -0.25) is 9.59 Å². The molecule has 0 aromatic carbocycles. The lowest BCUT2D eigenvalue weighted by molar-refractivity contribution is -0.146. The van der Waals surface area contributed by atoms with Crippen molar-refractivity contribution in [2.75, 3.05) is 13.1 Å². The van der Waals surface area contributed by atoms with Gasteiger partial charge in [0.15, 0.2) is 0 Å². The molecule has 0 bridgehead atoms. The molecule has 0 radical (unpaired) electrons. The summed E-state index contributed by atoms with van der Waals surface area (Å²) >= 11 is 0. The second-order valence-corrected chi connectivity index (χ2v) is 15.4. The second-order valence-electron chi connectivity index (χ2n) is 15.4. The molecule has 0 rings (SSSR count). The van der Waals surface area contributed by atoms with E-state index in [1.807, 2.05) is 0 Å². The van der Waals surface area contributed by atoms with Gasteiger partial charge in [-0.25, -0.2) is 0 Å². The van der Waals surface area contributed by atoms with Crippen molar-refractivity contribution in [3.63, 3.8) is 0 Å². The second kappa shape index (κ2) is 36.2. The van der Waals surface area contributed by atoms with Crippen LogP contribution in [-0.2, 0) is 9.59 Å². The van der Waals surface area contributed by atoms with Crippen molar-refractivity contribution < 1.29 is 24.9 Å². The molecular formula is C43H86N2O5. The zero-order chi connectivity index (χ0) is 37.1. The quantitative estimate of drug-likeness (QED) is 0.0437. The Hall–Kier alpha value is -1.18. The van der Waals surface area contributed by atoms with Gasteiger partial charge >= 0.3 is 0 Å². The van der Waals surface area contributed by atoms with E-state index in [9.17, 15) is 24.9 Å². The largest absolute Gasteiger partial charge is 0.389 e. The number of carbonyl (C=O) groups excluding carboxylic acids is 2. The van der Waals surface area contributed by atoms with Crippen LogP contribution in [0.5, 0.6) is 0 Å². The van der Waals surface area contributed by atoms with Crippen LogP contribution in [0.1, 0.15) is 233 Å². The van der Waals surface area contributed by atoms with Gasteiger partial charge in [-0.05, 0) is 26.7 Å². The van der Waals surface area contributed by atoms with Crippen molar-refractivity contribution in [1.82, 2.24) is 9.80 Å². The van der Waals surface area contributed by atoms with Crippen LogP contribution in [0.2, 0.25) is 0 Å². The normalized spacial score (nSPS) is 13.3. The van der Waals surface area contributed by atoms with E-state index in [1.165, 1.54) is 178 Å². The highest BCUT2D eigenvalue weighted by molar-refractivity contribution is 5.77. The molecule has 2 unspecified atom stereocenters. The molecule has 0 spiro atoms. The van der Waals surface area contributed by atoms with Crippen LogP contribution in [0.15, 0.2) is 0 Å². The summed E-state index contributed by atoms with van der Waals surface area (Å²) in [6.07, 6.45) is 35.5. The first-order valence-electron chi connectivity index (χ1n) is 21.9. The van der Waals surface area contributed by atoms with E-state index in [-0.39, 0.29) is 24.9 Å². The highest BCUT2D eigenvalue weighted by Crippen LogP contribution is 2.17. The zero-order valence-electron chi connectivity index (χ0n) is 33.8. The molecule has 298 valence electrons. The van der Waals surface area contributed by atoms with Gasteiger partial charge in [0, 0.05) is 12.8 Å². The molecule has 0 aromatic rings. The average Bonchev–Trinajstić information content (AvgIpc) is 3.09. The van der Waals surface area contributed by atoms with Gasteiger partial charge in [-0.15, -0.1) is 0 Å². The Morgan fingerprint density at radius 1 is 0.380 bits per heavy atom. The van der Waals surface area contributed by atoms with Crippen LogP contribution in [0.4, 0.5) is 0 Å². The fraction of sp³-hybridized carbons (Fsp3) is 0.953.